The lowest BCUT2D eigenvalue weighted by Crippen LogP contribution is -2.49. The lowest BCUT2D eigenvalue weighted by atomic mass is 10.0. The molecule has 1 aliphatic rings. The summed E-state index contributed by atoms with van der Waals surface area (Å²) in [5, 5.41) is 0. The summed E-state index contributed by atoms with van der Waals surface area (Å²) in [4.78, 5) is 7.42. The minimum atomic E-state index is -4.17. The predicted octanol–water partition coefficient (Wildman–Crippen LogP) is 4.69. The number of hydrogen-bond donors (Lipinski definition) is 0. The van der Waals surface area contributed by atoms with E-state index in [-0.39, 0.29) is 6.04 Å². The summed E-state index contributed by atoms with van der Waals surface area (Å²) < 4.78 is 54.3. The van der Waals surface area contributed by atoms with Gasteiger partial charge in [0.05, 0.1) is 12.1 Å². The fourth-order valence-corrected chi connectivity index (χ4v) is 4.38. The molecule has 0 amide bonds. The standard InChI is InChI=1S/C22H24F4N4/c1-15-5-6-19-17(18-4-3-8-27-21(18)23)7-9-30(19)20(15)16(2)29-12-10-28(11-13-29)14-22(24,25)26/h3-9,16H,10-14H2,1-2H3. The first-order valence-corrected chi connectivity index (χ1v) is 9.99. The number of alkyl halides is 3. The van der Waals surface area contributed by atoms with Crippen molar-refractivity contribution >= 4 is 5.52 Å². The van der Waals surface area contributed by atoms with E-state index in [1.54, 1.807) is 12.1 Å². The van der Waals surface area contributed by atoms with Gasteiger partial charge in [-0.1, -0.05) is 6.07 Å². The zero-order valence-electron chi connectivity index (χ0n) is 17.0. The van der Waals surface area contributed by atoms with Crippen LogP contribution in [0.15, 0.2) is 42.7 Å². The van der Waals surface area contributed by atoms with E-state index in [0.29, 0.717) is 31.7 Å². The van der Waals surface area contributed by atoms with Crippen LogP contribution in [0.25, 0.3) is 16.6 Å². The number of halogens is 4. The van der Waals surface area contributed by atoms with E-state index in [1.807, 2.05) is 31.3 Å². The molecule has 4 rings (SSSR count). The third kappa shape index (κ3) is 4.06. The second kappa shape index (κ2) is 8.00. The third-order valence-corrected chi connectivity index (χ3v) is 5.88. The lowest BCUT2D eigenvalue weighted by molar-refractivity contribution is -0.149. The lowest BCUT2D eigenvalue weighted by Gasteiger charge is -2.38. The van der Waals surface area contributed by atoms with Gasteiger partial charge in [-0.3, -0.25) is 9.80 Å². The van der Waals surface area contributed by atoms with Gasteiger partial charge in [-0.05, 0) is 43.7 Å². The normalized spacial score (nSPS) is 17.5. The molecule has 1 atom stereocenters. The van der Waals surface area contributed by atoms with Crippen LogP contribution in [-0.4, -0.2) is 58.1 Å². The van der Waals surface area contributed by atoms with E-state index in [0.717, 1.165) is 22.3 Å². The van der Waals surface area contributed by atoms with Gasteiger partial charge in [0.25, 0.3) is 0 Å². The average molecular weight is 420 g/mol. The molecule has 0 N–H and O–H groups in total. The highest BCUT2D eigenvalue weighted by molar-refractivity contribution is 5.81. The van der Waals surface area contributed by atoms with Gasteiger partial charge < -0.3 is 4.40 Å². The molecule has 160 valence electrons. The molecule has 8 heteroatoms. The maximum absolute atomic E-state index is 14.3. The third-order valence-electron chi connectivity index (χ3n) is 5.88. The number of hydrogen-bond acceptors (Lipinski definition) is 3. The zero-order valence-corrected chi connectivity index (χ0v) is 17.0. The Labute approximate surface area is 172 Å². The summed E-state index contributed by atoms with van der Waals surface area (Å²) >= 11 is 0. The van der Waals surface area contributed by atoms with Crippen molar-refractivity contribution in [2.75, 3.05) is 32.7 Å². The molecule has 1 saturated heterocycles. The summed E-state index contributed by atoms with van der Waals surface area (Å²) in [5.41, 5.74) is 4.24. The number of aryl methyl sites for hydroxylation is 1. The molecule has 30 heavy (non-hydrogen) atoms. The second-order valence-corrected chi connectivity index (χ2v) is 7.83. The molecule has 1 unspecified atom stereocenters. The van der Waals surface area contributed by atoms with Crippen molar-refractivity contribution in [3.8, 4) is 11.1 Å². The van der Waals surface area contributed by atoms with E-state index < -0.39 is 18.7 Å². The Kier molecular flexibility index (Phi) is 5.55. The Morgan fingerprint density at radius 2 is 1.77 bits per heavy atom. The molecule has 4 heterocycles. The van der Waals surface area contributed by atoms with E-state index in [1.165, 1.54) is 11.1 Å². The van der Waals surface area contributed by atoms with E-state index in [9.17, 15) is 17.6 Å². The Morgan fingerprint density at radius 3 is 2.43 bits per heavy atom. The van der Waals surface area contributed by atoms with Gasteiger partial charge in [-0.25, -0.2) is 4.98 Å². The van der Waals surface area contributed by atoms with Gasteiger partial charge in [0, 0.05) is 61.4 Å². The monoisotopic (exact) mass is 420 g/mol. The summed E-state index contributed by atoms with van der Waals surface area (Å²) in [6.07, 6.45) is -0.817. The molecule has 4 nitrogen and oxygen atoms in total. The minimum absolute atomic E-state index is 0.0146. The first-order chi connectivity index (χ1) is 14.2. The first kappa shape index (κ1) is 20.8. The van der Waals surface area contributed by atoms with Crippen LogP contribution in [0, 0.1) is 12.9 Å². The van der Waals surface area contributed by atoms with Crippen LogP contribution in [0.2, 0.25) is 0 Å². The highest BCUT2D eigenvalue weighted by Gasteiger charge is 2.33. The molecule has 3 aromatic heterocycles. The maximum atomic E-state index is 14.3. The Hall–Kier alpha value is -2.45. The Bertz CT molecular complexity index is 1040. The molecule has 3 aromatic rings. The quantitative estimate of drug-likeness (QED) is 0.452. The number of nitrogens with zero attached hydrogens (tertiary/aromatic N) is 4. The van der Waals surface area contributed by atoms with Crippen molar-refractivity contribution in [3.63, 3.8) is 0 Å². The second-order valence-electron chi connectivity index (χ2n) is 7.83. The van der Waals surface area contributed by atoms with Gasteiger partial charge in [-0.15, -0.1) is 0 Å². The molecule has 0 radical (unpaired) electrons. The zero-order chi connectivity index (χ0) is 21.5. The fourth-order valence-electron chi connectivity index (χ4n) is 4.38. The molecule has 0 aromatic carbocycles. The van der Waals surface area contributed by atoms with Crippen LogP contribution in [0.5, 0.6) is 0 Å². The number of fused-ring (bicyclic) bond motifs is 1. The summed E-state index contributed by atoms with van der Waals surface area (Å²) in [5.74, 6) is -0.512. The van der Waals surface area contributed by atoms with Gasteiger partial charge in [0.15, 0.2) is 0 Å². The highest BCUT2D eigenvalue weighted by atomic mass is 19.4. The number of piperazine rings is 1. The van der Waals surface area contributed by atoms with E-state index in [2.05, 4.69) is 21.2 Å². The number of aromatic nitrogens is 2. The molecule has 0 saturated carbocycles. The van der Waals surface area contributed by atoms with E-state index >= 15 is 0 Å². The molecule has 1 fully saturated rings. The van der Waals surface area contributed by atoms with Crippen molar-refractivity contribution < 1.29 is 17.6 Å². The fraction of sp³-hybridized carbons (Fsp3) is 0.409. The van der Waals surface area contributed by atoms with Gasteiger partial charge in [0.2, 0.25) is 5.95 Å². The Balaban J connectivity index is 1.62. The predicted molar refractivity (Wildman–Crippen MR) is 108 cm³/mol. The van der Waals surface area contributed by atoms with Crippen molar-refractivity contribution in [2.45, 2.75) is 26.1 Å². The van der Waals surface area contributed by atoms with E-state index in [4.69, 9.17) is 0 Å². The molecule has 1 aliphatic heterocycles. The van der Waals surface area contributed by atoms with Crippen LogP contribution < -0.4 is 0 Å². The van der Waals surface area contributed by atoms with Crippen LogP contribution in [0.4, 0.5) is 17.6 Å². The van der Waals surface area contributed by atoms with Gasteiger partial charge >= 0.3 is 6.18 Å². The largest absolute Gasteiger partial charge is 0.401 e. The van der Waals surface area contributed by atoms with Crippen molar-refractivity contribution in [1.82, 2.24) is 19.2 Å². The summed E-state index contributed by atoms with van der Waals surface area (Å²) in [6, 6.07) is 9.29. The van der Waals surface area contributed by atoms with Crippen LogP contribution in [-0.2, 0) is 0 Å². The summed E-state index contributed by atoms with van der Waals surface area (Å²) in [6.45, 7) is 5.15. The van der Waals surface area contributed by atoms with Crippen molar-refractivity contribution in [3.05, 3.63) is 59.9 Å². The van der Waals surface area contributed by atoms with Crippen molar-refractivity contribution in [2.24, 2.45) is 0 Å². The number of rotatable bonds is 4. The first-order valence-electron chi connectivity index (χ1n) is 9.99. The molecular formula is C22H24F4N4. The molecule has 0 bridgehead atoms. The smallest absolute Gasteiger partial charge is 0.318 e. The average Bonchev–Trinajstić information content (AvgIpc) is 3.11. The maximum Gasteiger partial charge on any atom is 0.401 e. The molecule has 0 aliphatic carbocycles. The Morgan fingerprint density at radius 1 is 1.03 bits per heavy atom. The van der Waals surface area contributed by atoms with Crippen LogP contribution in [0.3, 0.4) is 0 Å². The molecule has 0 spiro atoms. The minimum Gasteiger partial charge on any atom is -0.318 e. The van der Waals surface area contributed by atoms with Gasteiger partial charge in [-0.2, -0.15) is 17.6 Å². The summed E-state index contributed by atoms with van der Waals surface area (Å²) in [7, 11) is 0. The molecular weight excluding hydrogens is 396 g/mol. The highest BCUT2D eigenvalue weighted by Crippen LogP contribution is 2.32. The van der Waals surface area contributed by atoms with Crippen molar-refractivity contribution in [1.29, 1.82) is 0 Å². The van der Waals surface area contributed by atoms with Gasteiger partial charge in [0.1, 0.15) is 0 Å². The SMILES string of the molecule is Cc1ccc2c(-c3cccnc3F)ccn2c1C(C)N1CCN(CC(F)(F)F)CC1. The van der Waals surface area contributed by atoms with Crippen LogP contribution in [0.1, 0.15) is 24.2 Å². The topological polar surface area (TPSA) is 23.8 Å². The number of pyridine rings is 2. The van der Waals surface area contributed by atoms with Crippen LogP contribution >= 0.6 is 0 Å².